The van der Waals surface area contributed by atoms with E-state index >= 15 is 0 Å². The van der Waals surface area contributed by atoms with Gasteiger partial charge in [-0.3, -0.25) is 14.4 Å². The van der Waals surface area contributed by atoms with E-state index < -0.39 is 5.97 Å². The highest BCUT2D eigenvalue weighted by atomic mass is 16.5. The maximum Gasteiger partial charge on any atom is 0.306 e. The zero-order chi connectivity index (χ0) is 22.9. The first-order valence-electron chi connectivity index (χ1n) is 10.9. The smallest absolute Gasteiger partial charge is 0.306 e. The minimum atomic E-state index is -0.396. The Bertz CT molecular complexity index is 971. The molecular weight excluding hydrogens is 410 g/mol. The summed E-state index contributed by atoms with van der Waals surface area (Å²) < 4.78 is 16.2. The van der Waals surface area contributed by atoms with Crippen molar-refractivity contribution < 1.29 is 28.6 Å². The predicted octanol–water partition coefficient (Wildman–Crippen LogP) is 4.11. The summed E-state index contributed by atoms with van der Waals surface area (Å²) in [5, 5.41) is 0. The van der Waals surface area contributed by atoms with Crippen molar-refractivity contribution in [3.05, 3.63) is 53.6 Å². The van der Waals surface area contributed by atoms with Crippen molar-refractivity contribution in [2.45, 2.75) is 39.5 Å². The average molecular weight is 440 g/mol. The van der Waals surface area contributed by atoms with Gasteiger partial charge in [-0.2, -0.15) is 0 Å². The van der Waals surface area contributed by atoms with Gasteiger partial charge in [-0.25, -0.2) is 0 Å². The van der Waals surface area contributed by atoms with E-state index in [0.29, 0.717) is 30.2 Å². The summed E-state index contributed by atoms with van der Waals surface area (Å²) in [4.78, 5) is 38.2. The number of fused-ring (bicyclic) bond motifs is 1. The Hall–Kier alpha value is -3.35. The van der Waals surface area contributed by atoms with E-state index in [1.807, 2.05) is 31.2 Å². The van der Waals surface area contributed by atoms with Crippen LogP contribution in [0.15, 0.2) is 42.5 Å². The number of para-hydroxylation sites is 1. The standard InChI is InChI=1S/C25H29NO6/c1-3-30-25(29)13-11-21(27)19-10-12-23-20(16-19)26(24(28)17-32-23)14-6-7-15-31-22-9-5-4-8-18(22)2/h4-5,8-10,12,16H,3,6-7,11,13-15,17H2,1-2H3. The van der Waals surface area contributed by atoms with Gasteiger partial charge < -0.3 is 19.1 Å². The Labute approximate surface area is 188 Å². The number of esters is 1. The molecule has 0 bridgehead atoms. The van der Waals surface area contributed by atoms with E-state index in [4.69, 9.17) is 14.2 Å². The van der Waals surface area contributed by atoms with Gasteiger partial charge in [0.2, 0.25) is 0 Å². The molecule has 0 atom stereocenters. The number of aryl methyl sites for hydroxylation is 1. The maximum atomic E-state index is 12.5. The molecule has 0 spiro atoms. The fraction of sp³-hybridized carbons (Fsp3) is 0.400. The van der Waals surface area contributed by atoms with E-state index in [9.17, 15) is 14.4 Å². The number of anilines is 1. The largest absolute Gasteiger partial charge is 0.493 e. The second-order valence-corrected chi connectivity index (χ2v) is 7.57. The van der Waals surface area contributed by atoms with Crippen LogP contribution in [-0.4, -0.2) is 44.0 Å². The molecule has 32 heavy (non-hydrogen) atoms. The number of carbonyl (C=O) groups is 3. The molecule has 170 valence electrons. The first-order valence-corrected chi connectivity index (χ1v) is 10.9. The molecule has 0 aliphatic carbocycles. The number of ether oxygens (including phenoxy) is 3. The summed E-state index contributed by atoms with van der Waals surface area (Å²) in [5.74, 6) is 0.722. The summed E-state index contributed by atoms with van der Waals surface area (Å²) >= 11 is 0. The number of Topliss-reactive ketones (excluding diaryl/α,β-unsaturated/α-hetero) is 1. The van der Waals surface area contributed by atoms with E-state index in [1.54, 1.807) is 30.0 Å². The number of carbonyl (C=O) groups excluding carboxylic acids is 3. The Balaban J connectivity index is 1.57. The van der Waals surface area contributed by atoms with Gasteiger partial charge in [-0.05, 0) is 56.5 Å². The van der Waals surface area contributed by atoms with E-state index in [1.165, 1.54) is 0 Å². The Morgan fingerprint density at radius 2 is 1.91 bits per heavy atom. The Morgan fingerprint density at radius 1 is 1.09 bits per heavy atom. The second-order valence-electron chi connectivity index (χ2n) is 7.57. The topological polar surface area (TPSA) is 82.1 Å². The zero-order valence-corrected chi connectivity index (χ0v) is 18.6. The lowest BCUT2D eigenvalue weighted by atomic mass is 10.0. The molecule has 3 rings (SSSR count). The summed E-state index contributed by atoms with van der Waals surface area (Å²) in [6.07, 6.45) is 1.62. The van der Waals surface area contributed by atoms with Gasteiger partial charge in [0.15, 0.2) is 12.4 Å². The number of unbranched alkanes of at least 4 members (excludes halogenated alkanes) is 1. The Morgan fingerprint density at radius 3 is 2.69 bits per heavy atom. The highest BCUT2D eigenvalue weighted by Crippen LogP contribution is 2.33. The molecule has 1 heterocycles. The highest BCUT2D eigenvalue weighted by molar-refractivity contribution is 6.02. The third-order valence-electron chi connectivity index (χ3n) is 5.21. The van der Waals surface area contributed by atoms with Gasteiger partial charge in [0.25, 0.3) is 5.91 Å². The molecule has 0 saturated carbocycles. The first kappa shape index (κ1) is 23.3. The van der Waals surface area contributed by atoms with Crippen LogP contribution < -0.4 is 14.4 Å². The fourth-order valence-electron chi connectivity index (χ4n) is 3.49. The molecular formula is C25H29NO6. The maximum absolute atomic E-state index is 12.5. The lowest BCUT2D eigenvalue weighted by molar-refractivity contribution is -0.143. The van der Waals surface area contributed by atoms with Crippen molar-refractivity contribution >= 4 is 23.3 Å². The molecule has 0 unspecified atom stereocenters. The molecule has 1 amide bonds. The van der Waals surface area contributed by atoms with Crippen molar-refractivity contribution in [2.24, 2.45) is 0 Å². The van der Waals surface area contributed by atoms with Gasteiger partial charge in [0, 0.05) is 18.5 Å². The number of benzene rings is 2. The van der Waals surface area contributed by atoms with Crippen molar-refractivity contribution in [1.29, 1.82) is 0 Å². The quantitative estimate of drug-likeness (QED) is 0.298. The van der Waals surface area contributed by atoms with Crippen LogP contribution in [-0.2, 0) is 14.3 Å². The summed E-state index contributed by atoms with van der Waals surface area (Å²) in [6.45, 7) is 5.06. The van der Waals surface area contributed by atoms with Crippen LogP contribution in [0.2, 0.25) is 0 Å². The SMILES string of the molecule is CCOC(=O)CCC(=O)c1ccc2c(c1)N(CCCCOc1ccccc1C)C(=O)CO2. The second kappa shape index (κ2) is 11.3. The van der Waals surface area contributed by atoms with Crippen LogP contribution in [0.5, 0.6) is 11.5 Å². The highest BCUT2D eigenvalue weighted by Gasteiger charge is 2.26. The van der Waals surface area contributed by atoms with Crippen molar-refractivity contribution in [3.8, 4) is 11.5 Å². The zero-order valence-electron chi connectivity index (χ0n) is 18.6. The predicted molar refractivity (Wildman–Crippen MR) is 120 cm³/mol. The van der Waals surface area contributed by atoms with Gasteiger partial charge >= 0.3 is 5.97 Å². The van der Waals surface area contributed by atoms with Crippen LogP contribution in [0.1, 0.15) is 48.5 Å². The minimum Gasteiger partial charge on any atom is -0.493 e. The fourth-order valence-corrected chi connectivity index (χ4v) is 3.49. The summed E-state index contributed by atoms with van der Waals surface area (Å²) in [6, 6.07) is 12.9. The number of ketones is 1. The van der Waals surface area contributed by atoms with Crippen LogP contribution in [0.3, 0.4) is 0 Å². The van der Waals surface area contributed by atoms with Gasteiger partial charge in [-0.1, -0.05) is 18.2 Å². The lowest BCUT2D eigenvalue weighted by Crippen LogP contribution is -2.39. The van der Waals surface area contributed by atoms with Gasteiger partial charge in [0.1, 0.15) is 11.5 Å². The van der Waals surface area contributed by atoms with E-state index in [2.05, 4.69) is 0 Å². The first-order chi connectivity index (χ1) is 15.5. The number of hydrogen-bond acceptors (Lipinski definition) is 6. The average Bonchev–Trinajstić information content (AvgIpc) is 2.79. The summed E-state index contributed by atoms with van der Waals surface area (Å²) in [5.41, 5.74) is 2.12. The van der Waals surface area contributed by atoms with Gasteiger partial charge in [-0.15, -0.1) is 0 Å². The van der Waals surface area contributed by atoms with Crippen LogP contribution in [0, 0.1) is 6.92 Å². The van der Waals surface area contributed by atoms with Crippen molar-refractivity contribution in [3.63, 3.8) is 0 Å². The molecule has 0 N–H and O–H groups in total. The normalized spacial score (nSPS) is 12.7. The van der Waals surface area contributed by atoms with Gasteiger partial charge in [0.05, 0.1) is 25.3 Å². The molecule has 0 aromatic heterocycles. The van der Waals surface area contributed by atoms with Crippen molar-refractivity contribution in [1.82, 2.24) is 0 Å². The molecule has 1 aliphatic rings. The molecule has 0 fully saturated rings. The van der Waals surface area contributed by atoms with E-state index in [0.717, 1.165) is 24.2 Å². The number of nitrogens with zero attached hydrogens (tertiary/aromatic N) is 1. The van der Waals surface area contributed by atoms with Crippen LogP contribution in [0.4, 0.5) is 5.69 Å². The summed E-state index contributed by atoms with van der Waals surface area (Å²) in [7, 11) is 0. The number of amides is 1. The third-order valence-corrected chi connectivity index (χ3v) is 5.21. The molecule has 7 nitrogen and oxygen atoms in total. The molecule has 0 saturated heterocycles. The van der Waals surface area contributed by atoms with Crippen LogP contribution >= 0.6 is 0 Å². The molecule has 0 radical (unpaired) electrons. The molecule has 7 heteroatoms. The number of hydrogen-bond donors (Lipinski definition) is 0. The molecule has 2 aromatic rings. The van der Waals surface area contributed by atoms with E-state index in [-0.39, 0.29) is 37.7 Å². The molecule has 2 aromatic carbocycles. The monoisotopic (exact) mass is 439 g/mol. The Kier molecular flexibility index (Phi) is 8.25. The lowest BCUT2D eigenvalue weighted by Gasteiger charge is -2.29. The number of rotatable bonds is 11. The molecule has 1 aliphatic heterocycles. The minimum absolute atomic E-state index is 0.0249. The van der Waals surface area contributed by atoms with Crippen molar-refractivity contribution in [2.75, 3.05) is 31.3 Å². The van der Waals surface area contributed by atoms with Crippen LogP contribution in [0.25, 0.3) is 0 Å². The third kappa shape index (κ3) is 6.09.